The van der Waals surface area contributed by atoms with Crippen molar-refractivity contribution in [3.8, 4) is 23.0 Å². The number of sulfone groups is 1. The molecule has 1 atom stereocenters. The number of aromatic amines is 1. The number of esters is 1. The number of benzene rings is 2. The monoisotopic (exact) mass is 562 g/mol. The van der Waals surface area contributed by atoms with Gasteiger partial charge in [0.15, 0.2) is 11.5 Å². The highest BCUT2D eigenvalue weighted by Crippen LogP contribution is 2.37. The Balaban J connectivity index is 1.55. The number of nitrogens with one attached hydrogen (secondary N) is 1. The van der Waals surface area contributed by atoms with Crippen LogP contribution in [-0.2, 0) is 14.6 Å². The molecule has 0 saturated carbocycles. The summed E-state index contributed by atoms with van der Waals surface area (Å²) in [5, 5.41) is 0.564. The van der Waals surface area contributed by atoms with E-state index < -0.39 is 26.9 Å². The highest BCUT2D eigenvalue weighted by atomic mass is 32.2. The van der Waals surface area contributed by atoms with Crippen LogP contribution in [0.1, 0.15) is 40.4 Å². The van der Waals surface area contributed by atoms with E-state index in [1.54, 1.807) is 50.2 Å². The van der Waals surface area contributed by atoms with Crippen LogP contribution in [0.3, 0.4) is 0 Å². The van der Waals surface area contributed by atoms with E-state index in [1.165, 1.54) is 32.3 Å². The summed E-state index contributed by atoms with van der Waals surface area (Å²) < 4.78 is 50.1. The molecule has 0 aliphatic carbocycles. The first-order chi connectivity index (χ1) is 19.0. The average molecular weight is 563 g/mol. The van der Waals surface area contributed by atoms with Crippen LogP contribution in [0.2, 0.25) is 0 Å². The van der Waals surface area contributed by atoms with E-state index in [2.05, 4.69) is 9.97 Å². The minimum atomic E-state index is -4.00. The molecule has 0 amide bonds. The Bertz CT molecular complexity index is 1910. The third-order valence-electron chi connectivity index (χ3n) is 6.45. The maximum Gasteiger partial charge on any atom is 0.343 e. The molecular weight excluding hydrogens is 536 g/mol. The molecule has 0 radical (unpaired) electrons. The second-order valence-corrected chi connectivity index (χ2v) is 11.4. The lowest BCUT2D eigenvalue weighted by molar-refractivity contribution is -0.132. The number of hydrogen-bond acceptors (Lipinski definition) is 9. The molecule has 1 unspecified atom stereocenters. The Labute approximate surface area is 229 Å². The fourth-order valence-electron chi connectivity index (χ4n) is 4.31. The van der Waals surface area contributed by atoms with Crippen molar-refractivity contribution in [2.45, 2.75) is 45.0 Å². The van der Waals surface area contributed by atoms with Gasteiger partial charge in [-0.3, -0.25) is 4.79 Å². The summed E-state index contributed by atoms with van der Waals surface area (Å²) in [6, 6.07) is 13.0. The molecule has 5 aromatic rings. The third-order valence-corrected chi connectivity index (χ3v) is 8.26. The summed E-state index contributed by atoms with van der Waals surface area (Å²) in [5.41, 5.74) is 0.651. The molecular formula is C29H26N2O8S. The number of aryl methyl sites for hydroxylation is 2. The van der Waals surface area contributed by atoms with Crippen molar-refractivity contribution in [2.24, 2.45) is 0 Å². The lowest BCUT2D eigenvalue weighted by Crippen LogP contribution is -2.21. The summed E-state index contributed by atoms with van der Waals surface area (Å²) in [7, 11) is -4.00. The Morgan fingerprint density at radius 3 is 2.35 bits per heavy atom. The smallest absolute Gasteiger partial charge is 0.343 e. The van der Waals surface area contributed by atoms with Crippen molar-refractivity contribution in [1.29, 1.82) is 0 Å². The topological polar surface area (TPSA) is 142 Å². The lowest BCUT2D eigenvalue weighted by Gasteiger charge is -2.19. The van der Waals surface area contributed by atoms with Crippen LogP contribution in [-0.4, -0.2) is 24.4 Å². The first kappa shape index (κ1) is 26.9. The van der Waals surface area contributed by atoms with Gasteiger partial charge >= 0.3 is 11.6 Å². The van der Waals surface area contributed by atoms with Gasteiger partial charge in [0.2, 0.25) is 15.3 Å². The number of carbonyl (C=O) groups excluding carboxylic acids is 1. The van der Waals surface area contributed by atoms with Crippen LogP contribution < -0.4 is 15.1 Å². The number of rotatable bonds is 7. The molecule has 3 heterocycles. The normalized spacial score (nSPS) is 12.4. The van der Waals surface area contributed by atoms with Gasteiger partial charge in [0.1, 0.15) is 22.8 Å². The van der Waals surface area contributed by atoms with Crippen LogP contribution in [0, 0.1) is 27.7 Å². The minimum Gasteiger partial charge on any atom is -0.468 e. The SMILES string of the molecule is CC(=O)Oc1c(C)c(-c2cc3cc(OC(c4nc[nH]c4C)S(=O)(=O)c4ccc(C)cc4)ccc3o2)oc(=O)c1C. The second-order valence-electron chi connectivity index (χ2n) is 9.42. The molecule has 1 N–H and O–H groups in total. The van der Waals surface area contributed by atoms with E-state index in [0.717, 1.165) is 5.56 Å². The van der Waals surface area contributed by atoms with Crippen LogP contribution in [0.25, 0.3) is 22.5 Å². The number of carbonyl (C=O) groups is 1. The van der Waals surface area contributed by atoms with Gasteiger partial charge in [0.25, 0.3) is 0 Å². The predicted molar refractivity (Wildman–Crippen MR) is 146 cm³/mol. The fraction of sp³-hybridized carbons (Fsp3) is 0.207. The summed E-state index contributed by atoms with van der Waals surface area (Å²) in [6.07, 6.45) is 1.42. The summed E-state index contributed by atoms with van der Waals surface area (Å²) in [6.45, 7) is 7.99. The molecule has 40 heavy (non-hydrogen) atoms. The molecule has 2 aromatic carbocycles. The number of ether oxygens (including phenoxy) is 2. The Kier molecular flexibility index (Phi) is 6.84. The van der Waals surface area contributed by atoms with E-state index in [-0.39, 0.29) is 39.2 Å². The summed E-state index contributed by atoms with van der Waals surface area (Å²) >= 11 is 0. The molecule has 10 nitrogen and oxygen atoms in total. The van der Waals surface area contributed by atoms with Gasteiger partial charge in [0, 0.05) is 23.6 Å². The number of hydrogen-bond donors (Lipinski definition) is 1. The standard InChI is InChI=1S/C29H26N2O8S/c1-15-6-9-22(10-7-15)40(34,35)29(25-18(4)30-14-31-25)37-21-8-11-23-20(12-21)13-24(38-23)27-16(2)26(36-19(5)32)17(3)28(33)39-27/h6-14,29H,1-5H3,(H,30,31). The minimum absolute atomic E-state index is 0.102. The zero-order valence-corrected chi connectivity index (χ0v) is 23.2. The Morgan fingerprint density at radius 2 is 1.70 bits per heavy atom. The van der Waals surface area contributed by atoms with E-state index in [9.17, 15) is 18.0 Å². The Morgan fingerprint density at radius 1 is 0.975 bits per heavy atom. The van der Waals surface area contributed by atoms with Crippen molar-refractivity contribution >= 4 is 26.8 Å². The number of aromatic nitrogens is 2. The fourth-order valence-corrected chi connectivity index (χ4v) is 5.84. The third kappa shape index (κ3) is 4.91. The molecule has 5 rings (SSSR count). The van der Waals surface area contributed by atoms with Gasteiger partial charge in [-0.05, 0) is 64.1 Å². The summed E-state index contributed by atoms with van der Waals surface area (Å²) in [5.74, 6) is 0.128. The van der Waals surface area contributed by atoms with Crippen LogP contribution >= 0.6 is 0 Å². The average Bonchev–Trinajstić information content (AvgIpc) is 3.52. The van der Waals surface area contributed by atoms with Crippen LogP contribution in [0.15, 0.2) is 73.4 Å². The lowest BCUT2D eigenvalue weighted by atomic mass is 10.1. The van der Waals surface area contributed by atoms with Gasteiger partial charge in [0.05, 0.1) is 16.8 Å². The molecule has 0 spiro atoms. The number of imidazole rings is 1. The molecule has 3 aromatic heterocycles. The second kappa shape index (κ2) is 10.2. The number of fused-ring (bicyclic) bond motifs is 1. The molecule has 0 aliphatic rings. The van der Waals surface area contributed by atoms with Crippen LogP contribution in [0.5, 0.6) is 11.5 Å². The van der Waals surface area contributed by atoms with Gasteiger partial charge < -0.3 is 23.3 Å². The predicted octanol–water partition coefficient (Wildman–Crippen LogP) is 5.49. The van der Waals surface area contributed by atoms with Crippen molar-refractivity contribution < 1.29 is 31.5 Å². The molecule has 0 bridgehead atoms. The summed E-state index contributed by atoms with van der Waals surface area (Å²) in [4.78, 5) is 31.3. The number of nitrogens with zero attached hydrogens (tertiary/aromatic N) is 1. The van der Waals surface area contributed by atoms with E-state index >= 15 is 0 Å². The molecule has 0 fully saturated rings. The highest BCUT2D eigenvalue weighted by Gasteiger charge is 2.34. The van der Waals surface area contributed by atoms with Gasteiger partial charge in [-0.1, -0.05) is 17.7 Å². The number of H-pyrrole nitrogens is 1. The van der Waals surface area contributed by atoms with Gasteiger partial charge in [-0.25, -0.2) is 18.2 Å². The Hall–Kier alpha value is -4.64. The maximum absolute atomic E-state index is 13.7. The quantitative estimate of drug-likeness (QED) is 0.255. The van der Waals surface area contributed by atoms with Crippen molar-refractivity contribution in [3.63, 3.8) is 0 Å². The van der Waals surface area contributed by atoms with Crippen molar-refractivity contribution in [1.82, 2.24) is 9.97 Å². The van der Waals surface area contributed by atoms with Crippen molar-refractivity contribution in [2.75, 3.05) is 0 Å². The molecule has 11 heteroatoms. The largest absolute Gasteiger partial charge is 0.468 e. The van der Waals surface area contributed by atoms with E-state index in [1.807, 2.05) is 6.92 Å². The van der Waals surface area contributed by atoms with E-state index in [4.69, 9.17) is 18.3 Å². The van der Waals surface area contributed by atoms with Crippen molar-refractivity contribution in [3.05, 3.63) is 93.4 Å². The number of furan rings is 1. The van der Waals surface area contributed by atoms with Crippen LogP contribution in [0.4, 0.5) is 0 Å². The van der Waals surface area contributed by atoms with E-state index in [0.29, 0.717) is 22.2 Å². The first-order valence-electron chi connectivity index (χ1n) is 12.3. The van der Waals surface area contributed by atoms with Gasteiger partial charge in [-0.2, -0.15) is 0 Å². The molecule has 206 valence electrons. The zero-order valence-electron chi connectivity index (χ0n) is 22.4. The van der Waals surface area contributed by atoms with Gasteiger partial charge in [-0.15, -0.1) is 0 Å². The highest BCUT2D eigenvalue weighted by molar-refractivity contribution is 7.91. The zero-order chi connectivity index (χ0) is 28.8. The first-order valence-corrected chi connectivity index (χ1v) is 13.8. The maximum atomic E-state index is 13.7. The molecule has 0 aliphatic heterocycles. The molecule has 0 saturated heterocycles.